The fraction of sp³-hybridized carbons (Fsp3) is 0.375. The van der Waals surface area contributed by atoms with Gasteiger partial charge >= 0.3 is 0 Å². The van der Waals surface area contributed by atoms with E-state index in [2.05, 4.69) is 59.1 Å². The maximum Gasteiger partial charge on any atom is 0.144 e. The number of aromatic nitrogens is 2. The molecule has 1 aromatic heterocycles. The highest BCUT2D eigenvalue weighted by atomic mass is 79.9. The van der Waals surface area contributed by atoms with E-state index in [4.69, 9.17) is 4.98 Å². The normalized spacial score (nSPS) is 11.4. The molecule has 1 heterocycles. The maximum atomic E-state index is 4.74. The minimum Gasteiger partial charge on any atom is -0.372 e. The summed E-state index contributed by atoms with van der Waals surface area (Å²) in [6, 6.07) is 10.2. The number of halogens is 1. The highest BCUT2D eigenvalue weighted by Crippen LogP contribution is 2.32. The number of benzene rings is 1. The van der Waals surface area contributed by atoms with Gasteiger partial charge in [0.05, 0.1) is 10.2 Å². The van der Waals surface area contributed by atoms with Crippen LogP contribution in [0.2, 0.25) is 0 Å². The molecule has 1 N–H and O–H groups in total. The molecule has 1 aromatic carbocycles. The Balaban J connectivity index is 2.53. The van der Waals surface area contributed by atoms with Gasteiger partial charge in [-0.3, -0.25) is 0 Å². The van der Waals surface area contributed by atoms with Crippen LogP contribution >= 0.6 is 15.9 Å². The Labute approximate surface area is 129 Å². The summed E-state index contributed by atoms with van der Waals surface area (Å²) >= 11 is 3.60. The molecule has 0 fully saturated rings. The summed E-state index contributed by atoms with van der Waals surface area (Å²) in [6.45, 7) is 6.58. The van der Waals surface area contributed by atoms with E-state index in [1.807, 2.05) is 25.2 Å². The predicted molar refractivity (Wildman–Crippen MR) is 87.9 cm³/mol. The van der Waals surface area contributed by atoms with Gasteiger partial charge in [-0.2, -0.15) is 0 Å². The Hall–Kier alpha value is -1.42. The van der Waals surface area contributed by atoms with E-state index in [0.29, 0.717) is 0 Å². The first-order chi connectivity index (χ1) is 9.40. The Morgan fingerprint density at radius 2 is 1.75 bits per heavy atom. The zero-order valence-corrected chi connectivity index (χ0v) is 14.0. The largest absolute Gasteiger partial charge is 0.372 e. The van der Waals surface area contributed by atoms with E-state index < -0.39 is 0 Å². The third-order valence-electron chi connectivity index (χ3n) is 2.87. The molecule has 0 bridgehead atoms. The molecule has 0 saturated carbocycles. The third-order valence-corrected chi connectivity index (χ3v) is 3.62. The first-order valence-corrected chi connectivity index (χ1v) is 7.49. The molecule has 0 aliphatic carbocycles. The van der Waals surface area contributed by atoms with Gasteiger partial charge in [-0.05, 0) is 21.3 Å². The molecule has 0 radical (unpaired) electrons. The fourth-order valence-electron chi connectivity index (χ4n) is 2.00. The summed E-state index contributed by atoms with van der Waals surface area (Å²) in [4.78, 5) is 9.33. The molecule has 2 aromatic rings. The molecule has 2 rings (SSSR count). The predicted octanol–water partition coefficient (Wildman–Crippen LogP) is 4.54. The van der Waals surface area contributed by atoms with Crippen LogP contribution in [0, 0.1) is 5.41 Å². The Morgan fingerprint density at radius 1 is 1.10 bits per heavy atom. The zero-order valence-electron chi connectivity index (χ0n) is 12.4. The first kappa shape index (κ1) is 15.0. The standard InChI is InChI=1S/C16H20BrN3/c1-16(2,3)10-12-19-14(11-8-6-5-7-9-11)13(17)15(18-4)20-12/h5-9H,10H2,1-4H3,(H,18,19,20). The molecular formula is C16H20BrN3. The lowest BCUT2D eigenvalue weighted by Crippen LogP contribution is -2.13. The zero-order chi connectivity index (χ0) is 14.8. The van der Waals surface area contributed by atoms with Crippen molar-refractivity contribution in [2.45, 2.75) is 27.2 Å². The molecule has 0 aliphatic heterocycles. The van der Waals surface area contributed by atoms with Crippen LogP contribution in [0.3, 0.4) is 0 Å². The van der Waals surface area contributed by atoms with Gasteiger partial charge in [0.2, 0.25) is 0 Å². The number of rotatable bonds is 3. The van der Waals surface area contributed by atoms with Gasteiger partial charge in [0.15, 0.2) is 0 Å². The minimum atomic E-state index is 0.160. The van der Waals surface area contributed by atoms with Gasteiger partial charge in [0.25, 0.3) is 0 Å². The second-order valence-electron chi connectivity index (χ2n) is 6.00. The van der Waals surface area contributed by atoms with E-state index in [9.17, 15) is 0 Å². The molecule has 0 spiro atoms. The van der Waals surface area contributed by atoms with Crippen molar-refractivity contribution in [3.63, 3.8) is 0 Å². The second-order valence-corrected chi connectivity index (χ2v) is 6.80. The lowest BCUT2D eigenvalue weighted by Gasteiger charge is -2.18. The summed E-state index contributed by atoms with van der Waals surface area (Å²) in [5, 5.41) is 3.13. The molecule has 0 aliphatic rings. The smallest absolute Gasteiger partial charge is 0.144 e. The van der Waals surface area contributed by atoms with Crippen LogP contribution in [0.15, 0.2) is 34.8 Å². The average Bonchev–Trinajstić information content (AvgIpc) is 2.40. The summed E-state index contributed by atoms with van der Waals surface area (Å²) in [5.41, 5.74) is 2.19. The fourth-order valence-corrected chi connectivity index (χ4v) is 2.60. The van der Waals surface area contributed by atoms with Crippen LogP contribution < -0.4 is 5.32 Å². The molecule has 0 amide bonds. The molecule has 3 nitrogen and oxygen atoms in total. The highest BCUT2D eigenvalue weighted by Gasteiger charge is 2.18. The monoisotopic (exact) mass is 333 g/mol. The van der Waals surface area contributed by atoms with Gasteiger partial charge in [0.1, 0.15) is 11.6 Å². The molecule has 0 unspecified atom stereocenters. The topological polar surface area (TPSA) is 37.8 Å². The van der Waals surface area contributed by atoms with Crippen LogP contribution in [-0.4, -0.2) is 17.0 Å². The van der Waals surface area contributed by atoms with Gasteiger partial charge in [-0.15, -0.1) is 0 Å². The van der Waals surface area contributed by atoms with Gasteiger partial charge in [0, 0.05) is 19.0 Å². The number of hydrogen-bond acceptors (Lipinski definition) is 3. The van der Waals surface area contributed by atoms with Crippen molar-refractivity contribution >= 4 is 21.7 Å². The van der Waals surface area contributed by atoms with Crippen LogP contribution in [0.1, 0.15) is 26.6 Å². The second kappa shape index (κ2) is 5.92. The summed E-state index contributed by atoms with van der Waals surface area (Å²) in [7, 11) is 1.88. The van der Waals surface area contributed by atoms with Crippen LogP contribution in [0.4, 0.5) is 5.82 Å². The summed E-state index contributed by atoms with van der Waals surface area (Å²) in [5.74, 6) is 1.70. The lowest BCUT2D eigenvalue weighted by molar-refractivity contribution is 0.401. The van der Waals surface area contributed by atoms with Gasteiger partial charge in [-0.25, -0.2) is 9.97 Å². The van der Waals surface area contributed by atoms with Crippen molar-refractivity contribution in [3.8, 4) is 11.3 Å². The summed E-state index contributed by atoms with van der Waals surface area (Å²) in [6.07, 6.45) is 0.842. The van der Waals surface area contributed by atoms with E-state index in [-0.39, 0.29) is 5.41 Å². The SMILES string of the molecule is CNc1nc(CC(C)(C)C)nc(-c2ccccc2)c1Br. The number of hydrogen-bond donors (Lipinski definition) is 1. The van der Waals surface area contributed by atoms with Gasteiger partial charge < -0.3 is 5.32 Å². The van der Waals surface area contributed by atoms with E-state index in [1.165, 1.54) is 0 Å². The first-order valence-electron chi connectivity index (χ1n) is 6.70. The number of nitrogens with zero attached hydrogens (tertiary/aromatic N) is 2. The summed E-state index contributed by atoms with van der Waals surface area (Å²) < 4.78 is 0.906. The Morgan fingerprint density at radius 3 is 2.30 bits per heavy atom. The van der Waals surface area contributed by atoms with E-state index in [0.717, 1.165) is 33.8 Å². The molecule has 0 atom stereocenters. The van der Waals surface area contributed by atoms with Crippen molar-refractivity contribution in [2.24, 2.45) is 5.41 Å². The van der Waals surface area contributed by atoms with Crippen LogP contribution in [0.25, 0.3) is 11.3 Å². The van der Waals surface area contributed by atoms with Crippen LogP contribution in [0.5, 0.6) is 0 Å². The molecule has 106 valence electrons. The van der Waals surface area contributed by atoms with Crippen molar-refractivity contribution in [2.75, 3.05) is 12.4 Å². The highest BCUT2D eigenvalue weighted by molar-refractivity contribution is 9.10. The molecule has 4 heteroatoms. The Kier molecular flexibility index (Phi) is 4.43. The average molecular weight is 334 g/mol. The van der Waals surface area contributed by atoms with Gasteiger partial charge in [-0.1, -0.05) is 51.1 Å². The van der Waals surface area contributed by atoms with Crippen LogP contribution in [-0.2, 0) is 6.42 Å². The maximum absolute atomic E-state index is 4.74. The Bertz CT molecular complexity index is 589. The van der Waals surface area contributed by atoms with E-state index >= 15 is 0 Å². The lowest BCUT2D eigenvalue weighted by atomic mass is 9.92. The molecule has 20 heavy (non-hydrogen) atoms. The van der Waals surface area contributed by atoms with Crippen molar-refractivity contribution in [1.82, 2.24) is 9.97 Å². The van der Waals surface area contributed by atoms with Crippen molar-refractivity contribution in [3.05, 3.63) is 40.6 Å². The number of anilines is 1. The van der Waals surface area contributed by atoms with Crippen molar-refractivity contribution in [1.29, 1.82) is 0 Å². The van der Waals surface area contributed by atoms with E-state index in [1.54, 1.807) is 0 Å². The quantitative estimate of drug-likeness (QED) is 0.896. The number of nitrogens with one attached hydrogen (secondary N) is 1. The van der Waals surface area contributed by atoms with Crippen molar-refractivity contribution < 1.29 is 0 Å². The molecular weight excluding hydrogens is 314 g/mol. The molecule has 0 saturated heterocycles. The minimum absolute atomic E-state index is 0.160. The third kappa shape index (κ3) is 3.57.